The lowest BCUT2D eigenvalue weighted by atomic mass is 10.2. The molecule has 0 unspecified atom stereocenters. The van der Waals surface area contributed by atoms with E-state index in [4.69, 9.17) is 15.2 Å². The molecule has 0 saturated heterocycles. The van der Waals surface area contributed by atoms with Gasteiger partial charge in [-0.2, -0.15) is 0 Å². The molecule has 0 amide bonds. The molecule has 0 aliphatic heterocycles. The minimum atomic E-state index is -0.638. The van der Waals surface area contributed by atoms with E-state index in [-0.39, 0.29) is 12.2 Å². The van der Waals surface area contributed by atoms with E-state index in [1.54, 1.807) is 18.2 Å². The van der Waals surface area contributed by atoms with Crippen molar-refractivity contribution in [2.45, 2.75) is 6.61 Å². The number of benzene rings is 2. The third-order valence-electron chi connectivity index (χ3n) is 2.61. The highest BCUT2D eigenvalue weighted by molar-refractivity contribution is 5.56. The molecule has 19 heavy (non-hydrogen) atoms. The third-order valence-corrected chi connectivity index (χ3v) is 2.61. The van der Waals surface area contributed by atoms with Gasteiger partial charge in [0.15, 0.2) is 0 Å². The van der Waals surface area contributed by atoms with Gasteiger partial charge in [-0.3, -0.25) is 0 Å². The standard InChI is InChI=1S/C14H13F2NO2/c1-18-14-5-4-11(7-13(14)17)19-8-9-2-3-10(15)6-12(9)16/h2-7H,8,17H2,1H3. The van der Waals surface area contributed by atoms with Crippen molar-refractivity contribution >= 4 is 5.69 Å². The van der Waals surface area contributed by atoms with Gasteiger partial charge in [0.05, 0.1) is 12.8 Å². The van der Waals surface area contributed by atoms with Crippen LogP contribution in [-0.2, 0) is 6.61 Å². The number of methoxy groups -OCH3 is 1. The van der Waals surface area contributed by atoms with Crippen molar-refractivity contribution in [3.8, 4) is 11.5 Å². The van der Waals surface area contributed by atoms with Gasteiger partial charge in [0.1, 0.15) is 29.7 Å². The number of ether oxygens (including phenoxy) is 2. The summed E-state index contributed by atoms with van der Waals surface area (Å²) in [6.07, 6.45) is 0. The van der Waals surface area contributed by atoms with Gasteiger partial charge in [-0.15, -0.1) is 0 Å². The molecular weight excluding hydrogens is 252 g/mol. The van der Waals surface area contributed by atoms with Crippen molar-refractivity contribution in [1.82, 2.24) is 0 Å². The molecule has 0 spiro atoms. The Morgan fingerprint density at radius 1 is 1.11 bits per heavy atom. The number of anilines is 1. The van der Waals surface area contributed by atoms with Crippen LogP contribution in [0.4, 0.5) is 14.5 Å². The third kappa shape index (κ3) is 3.13. The van der Waals surface area contributed by atoms with Crippen molar-refractivity contribution in [2.75, 3.05) is 12.8 Å². The Hall–Kier alpha value is -2.30. The summed E-state index contributed by atoms with van der Waals surface area (Å²) in [5.74, 6) is -0.223. The van der Waals surface area contributed by atoms with Gasteiger partial charge in [0.25, 0.3) is 0 Å². The quantitative estimate of drug-likeness (QED) is 0.864. The molecule has 0 fully saturated rings. The van der Waals surface area contributed by atoms with Crippen LogP contribution in [0.1, 0.15) is 5.56 Å². The molecule has 3 nitrogen and oxygen atoms in total. The van der Waals surface area contributed by atoms with E-state index in [0.717, 1.165) is 6.07 Å². The predicted octanol–water partition coefficient (Wildman–Crippen LogP) is 3.13. The topological polar surface area (TPSA) is 44.5 Å². The van der Waals surface area contributed by atoms with E-state index < -0.39 is 11.6 Å². The van der Waals surface area contributed by atoms with Gasteiger partial charge >= 0.3 is 0 Å². The van der Waals surface area contributed by atoms with E-state index in [2.05, 4.69) is 0 Å². The predicted molar refractivity (Wildman–Crippen MR) is 68.1 cm³/mol. The molecule has 0 atom stereocenters. The highest BCUT2D eigenvalue weighted by Crippen LogP contribution is 2.26. The Morgan fingerprint density at radius 2 is 1.89 bits per heavy atom. The summed E-state index contributed by atoms with van der Waals surface area (Å²) in [6, 6.07) is 8.26. The van der Waals surface area contributed by atoms with Crippen LogP contribution >= 0.6 is 0 Å². The zero-order valence-corrected chi connectivity index (χ0v) is 10.3. The van der Waals surface area contributed by atoms with Gasteiger partial charge in [0.2, 0.25) is 0 Å². The monoisotopic (exact) mass is 265 g/mol. The molecule has 0 aliphatic rings. The zero-order chi connectivity index (χ0) is 13.8. The summed E-state index contributed by atoms with van der Waals surface area (Å²) < 4.78 is 36.5. The average Bonchev–Trinajstić information content (AvgIpc) is 2.38. The lowest BCUT2D eigenvalue weighted by Crippen LogP contribution is -2.00. The number of hydrogen-bond acceptors (Lipinski definition) is 3. The fraction of sp³-hybridized carbons (Fsp3) is 0.143. The van der Waals surface area contributed by atoms with Crippen LogP contribution in [0.2, 0.25) is 0 Å². The first kappa shape index (κ1) is 13.1. The van der Waals surface area contributed by atoms with Crippen LogP contribution < -0.4 is 15.2 Å². The molecule has 2 aromatic carbocycles. The summed E-state index contributed by atoms with van der Waals surface area (Å²) in [5, 5.41) is 0. The Bertz CT molecular complexity index is 588. The molecule has 0 aliphatic carbocycles. The molecule has 5 heteroatoms. The number of halogens is 2. The molecule has 100 valence electrons. The second kappa shape index (κ2) is 5.56. The smallest absolute Gasteiger partial charge is 0.142 e. The fourth-order valence-electron chi connectivity index (χ4n) is 1.60. The van der Waals surface area contributed by atoms with Crippen molar-refractivity contribution in [3.63, 3.8) is 0 Å². The maximum absolute atomic E-state index is 13.4. The Kier molecular flexibility index (Phi) is 3.85. The largest absolute Gasteiger partial charge is 0.495 e. The van der Waals surface area contributed by atoms with Crippen LogP contribution in [0.5, 0.6) is 11.5 Å². The summed E-state index contributed by atoms with van der Waals surface area (Å²) in [4.78, 5) is 0. The second-order valence-electron chi connectivity index (χ2n) is 3.93. The van der Waals surface area contributed by atoms with Gasteiger partial charge in [0, 0.05) is 17.7 Å². The number of nitrogen functional groups attached to an aromatic ring is 1. The molecular formula is C14H13F2NO2. The number of hydrogen-bond donors (Lipinski definition) is 1. The maximum atomic E-state index is 13.4. The van der Waals surface area contributed by atoms with E-state index in [0.29, 0.717) is 17.2 Å². The Morgan fingerprint density at radius 3 is 2.53 bits per heavy atom. The van der Waals surface area contributed by atoms with Crippen LogP contribution in [0.3, 0.4) is 0 Å². The summed E-state index contributed by atoms with van der Waals surface area (Å²) in [6.45, 7) is -0.00210. The minimum Gasteiger partial charge on any atom is -0.495 e. The van der Waals surface area contributed by atoms with E-state index in [9.17, 15) is 8.78 Å². The summed E-state index contributed by atoms with van der Waals surface area (Å²) in [7, 11) is 1.51. The van der Waals surface area contributed by atoms with Crippen LogP contribution in [0.25, 0.3) is 0 Å². The van der Waals surface area contributed by atoms with Crippen molar-refractivity contribution < 1.29 is 18.3 Å². The number of nitrogens with two attached hydrogens (primary N) is 1. The highest BCUT2D eigenvalue weighted by Gasteiger charge is 2.06. The van der Waals surface area contributed by atoms with E-state index in [1.165, 1.54) is 19.2 Å². The second-order valence-corrected chi connectivity index (χ2v) is 3.93. The summed E-state index contributed by atoms with van der Waals surface area (Å²) >= 11 is 0. The molecule has 0 aromatic heterocycles. The molecule has 0 bridgehead atoms. The van der Waals surface area contributed by atoms with E-state index in [1.807, 2.05) is 0 Å². The van der Waals surface area contributed by atoms with Crippen molar-refractivity contribution in [3.05, 3.63) is 53.6 Å². The van der Waals surface area contributed by atoms with E-state index >= 15 is 0 Å². The van der Waals surface area contributed by atoms with Crippen molar-refractivity contribution in [1.29, 1.82) is 0 Å². The molecule has 0 radical (unpaired) electrons. The maximum Gasteiger partial charge on any atom is 0.142 e. The first-order valence-corrected chi connectivity index (χ1v) is 5.60. The lowest BCUT2D eigenvalue weighted by molar-refractivity contribution is 0.299. The highest BCUT2D eigenvalue weighted by atomic mass is 19.1. The molecule has 2 N–H and O–H groups in total. The number of rotatable bonds is 4. The molecule has 0 saturated carbocycles. The molecule has 2 rings (SSSR count). The van der Waals surface area contributed by atoms with Gasteiger partial charge in [-0.1, -0.05) is 0 Å². The molecule has 0 heterocycles. The fourth-order valence-corrected chi connectivity index (χ4v) is 1.60. The molecule has 2 aromatic rings. The SMILES string of the molecule is COc1ccc(OCc2ccc(F)cc2F)cc1N. The van der Waals surface area contributed by atoms with Gasteiger partial charge in [-0.25, -0.2) is 8.78 Å². The summed E-state index contributed by atoms with van der Waals surface area (Å²) in [5.41, 5.74) is 6.43. The first-order chi connectivity index (χ1) is 9.10. The van der Waals surface area contributed by atoms with Crippen LogP contribution in [0, 0.1) is 11.6 Å². The lowest BCUT2D eigenvalue weighted by Gasteiger charge is -2.09. The average molecular weight is 265 g/mol. The first-order valence-electron chi connectivity index (χ1n) is 5.60. The Labute approximate surface area is 109 Å². The van der Waals surface area contributed by atoms with Gasteiger partial charge in [-0.05, 0) is 24.3 Å². The minimum absolute atomic E-state index is 0.00210. The van der Waals surface area contributed by atoms with Crippen molar-refractivity contribution in [2.24, 2.45) is 0 Å². The van der Waals surface area contributed by atoms with Gasteiger partial charge < -0.3 is 15.2 Å². The normalized spacial score (nSPS) is 10.3. The van der Waals surface area contributed by atoms with Crippen LogP contribution in [0.15, 0.2) is 36.4 Å². The Balaban J connectivity index is 2.08. The zero-order valence-electron chi connectivity index (χ0n) is 10.3. The van der Waals surface area contributed by atoms with Crippen LogP contribution in [-0.4, -0.2) is 7.11 Å².